The van der Waals surface area contributed by atoms with E-state index in [-0.39, 0.29) is 23.1 Å². The molecule has 0 bridgehead atoms. The molecule has 0 radical (unpaired) electrons. The van der Waals surface area contributed by atoms with Gasteiger partial charge in [-0.2, -0.15) is 0 Å². The summed E-state index contributed by atoms with van der Waals surface area (Å²) in [7, 11) is 0. The van der Waals surface area contributed by atoms with Crippen LogP contribution in [0.5, 0.6) is 0 Å². The molecule has 1 saturated heterocycles. The maximum atomic E-state index is 11.7. The molecule has 3 nitrogen and oxygen atoms in total. The number of imide groups is 1. The minimum atomic E-state index is -0.0807. The third kappa shape index (κ3) is 1.87. The van der Waals surface area contributed by atoms with Gasteiger partial charge in [-0.15, -0.1) is 0 Å². The van der Waals surface area contributed by atoms with Crippen LogP contribution in [-0.4, -0.2) is 11.8 Å². The lowest BCUT2D eigenvalue weighted by atomic mass is 9.58. The summed E-state index contributed by atoms with van der Waals surface area (Å²) < 4.78 is 0. The van der Waals surface area contributed by atoms with Crippen molar-refractivity contribution < 1.29 is 9.59 Å². The molecule has 1 atom stereocenters. The molecule has 3 heteroatoms. The maximum Gasteiger partial charge on any atom is 0.229 e. The molecular weight excluding hydrogens is 202 g/mol. The van der Waals surface area contributed by atoms with Crippen molar-refractivity contribution in [3.63, 3.8) is 0 Å². The van der Waals surface area contributed by atoms with Gasteiger partial charge in [0.25, 0.3) is 0 Å². The highest BCUT2D eigenvalue weighted by molar-refractivity contribution is 5.99. The molecule has 2 fully saturated rings. The predicted octanol–water partition coefficient (Wildman–Crippen LogP) is 2.26. The second kappa shape index (κ2) is 3.57. The third-order valence-electron chi connectivity index (χ3n) is 4.69. The summed E-state index contributed by atoms with van der Waals surface area (Å²) in [6, 6.07) is 0. The molecule has 90 valence electrons. The molecule has 2 amide bonds. The highest BCUT2D eigenvalue weighted by Gasteiger charge is 2.48. The molecule has 2 aliphatic rings. The second-order valence-electron chi connectivity index (χ2n) is 6.34. The standard InChI is InChI=1S/C13H21NO2/c1-9-11(16)14-10(15)8-13(9)6-4-12(2,3)5-7-13/h9H,4-8H2,1-3H3,(H,14,15,16). The molecule has 1 spiro atoms. The van der Waals surface area contributed by atoms with Crippen LogP contribution in [0.4, 0.5) is 0 Å². The van der Waals surface area contributed by atoms with Gasteiger partial charge >= 0.3 is 0 Å². The number of hydrogen-bond donors (Lipinski definition) is 1. The van der Waals surface area contributed by atoms with Crippen LogP contribution in [0.2, 0.25) is 0 Å². The Balaban J connectivity index is 2.18. The fraction of sp³-hybridized carbons (Fsp3) is 0.846. The number of carbonyl (C=O) groups is 2. The van der Waals surface area contributed by atoms with Crippen LogP contribution in [0.3, 0.4) is 0 Å². The monoisotopic (exact) mass is 223 g/mol. The fourth-order valence-electron chi connectivity index (χ4n) is 3.08. The van der Waals surface area contributed by atoms with Crippen LogP contribution < -0.4 is 5.32 Å². The number of piperidine rings is 1. The molecule has 1 aliphatic carbocycles. The summed E-state index contributed by atoms with van der Waals surface area (Å²) in [5.74, 6) is -0.167. The van der Waals surface area contributed by atoms with E-state index in [0.29, 0.717) is 11.8 Å². The van der Waals surface area contributed by atoms with Crippen molar-refractivity contribution in [3.05, 3.63) is 0 Å². The molecule has 1 aliphatic heterocycles. The van der Waals surface area contributed by atoms with Crippen LogP contribution in [0.15, 0.2) is 0 Å². The second-order valence-corrected chi connectivity index (χ2v) is 6.34. The maximum absolute atomic E-state index is 11.7. The van der Waals surface area contributed by atoms with Crippen molar-refractivity contribution in [2.24, 2.45) is 16.7 Å². The Morgan fingerprint density at radius 2 is 1.69 bits per heavy atom. The quantitative estimate of drug-likeness (QED) is 0.640. The van der Waals surface area contributed by atoms with Crippen LogP contribution in [0.1, 0.15) is 52.9 Å². The Morgan fingerprint density at radius 1 is 1.12 bits per heavy atom. The average Bonchev–Trinajstić information content (AvgIpc) is 2.19. The lowest BCUT2D eigenvalue weighted by Gasteiger charge is -2.48. The van der Waals surface area contributed by atoms with Gasteiger partial charge in [0.05, 0.1) is 0 Å². The first-order valence-electron chi connectivity index (χ1n) is 6.18. The van der Waals surface area contributed by atoms with Crippen molar-refractivity contribution >= 4 is 11.8 Å². The molecule has 1 saturated carbocycles. The van der Waals surface area contributed by atoms with E-state index in [0.717, 1.165) is 25.7 Å². The normalized spacial score (nSPS) is 32.6. The fourth-order valence-corrected chi connectivity index (χ4v) is 3.08. The van der Waals surface area contributed by atoms with E-state index < -0.39 is 0 Å². The summed E-state index contributed by atoms with van der Waals surface area (Å²) >= 11 is 0. The van der Waals surface area contributed by atoms with Crippen molar-refractivity contribution in [1.29, 1.82) is 0 Å². The first-order valence-corrected chi connectivity index (χ1v) is 6.18. The van der Waals surface area contributed by atoms with Gasteiger partial charge in [-0.3, -0.25) is 14.9 Å². The molecule has 16 heavy (non-hydrogen) atoms. The zero-order chi connectivity index (χ0) is 12.0. The Labute approximate surface area is 97.0 Å². The Bertz CT molecular complexity index is 323. The van der Waals surface area contributed by atoms with E-state index in [4.69, 9.17) is 0 Å². The van der Waals surface area contributed by atoms with Crippen LogP contribution in [0, 0.1) is 16.7 Å². The zero-order valence-corrected chi connectivity index (χ0v) is 10.4. The van der Waals surface area contributed by atoms with Crippen molar-refractivity contribution in [1.82, 2.24) is 5.32 Å². The summed E-state index contributed by atoms with van der Waals surface area (Å²) in [5.41, 5.74) is 0.330. The molecule has 0 aromatic rings. The first kappa shape index (κ1) is 11.6. The topological polar surface area (TPSA) is 46.2 Å². The summed E-state index contributed by atoms with van der Waals surface area (Å²) in [5, 5.41) is 2.44. The van der Waals surface area contributed by atoms with Crippen molar-refractivity contribution in [3.8, 4) is 0 Å². The number of rotatable bonds is 0. The van der Waals surface area contributed by atoms with Crippen molar-refractivity contribution in [2.45, 2.75) is 52.9 Å². The highest BCUT2D eigenvalue weighted by Crippen LogP contribution is 2.52. The van der Waals surface area contributed by atoms with Gasteiger partial charge in [-0.1, -0.05) is 20.8 Å². The zero-order valence-electron chi connectivity index (χ0n) is 10.4. The Morgan fingerprint density at radius 3 is 2.25 bits per heavy atom. The highest BCUT2D eigenvalue weighted by atomic mass is 16.2. The van der Waals surface area contributed by atoms with Gasteiger partial charge in [-0.05, 0) is 36.5 Å². The molecule has 0 aromatic heterocycles. The molecule has 1 heterocycles. The minimum Gasteiger partial charge on any atom is -0.296 e. The Kier molecular flexibility index (Phi) is 2.59. The van der Waals surface area contributed by atoms with Crippen LogP contribution >= 0.6 is 0 Å². The third-order valence-corrected chi connectivity index (χ3v) is 4.69. The van der Waals surface area contributed by atoms with Crippen molar-refractivity contribution in [2.75, 3.05) is 0 Å². The number of carbonyl (C=O) groups excluding carboxylic acids is 2. The average molecular weight is 223 g/mol. The van der Waals surface area contributed by atoms with Gasteiger partial charge in [0.1, 0.15) is 0 Å². The van der Waals surface area contributed by atoms with E-state index in [1.54, 1.807) is 0 Å². The number of hydrogen-bond acceptors (Lipinski definition) is 2. The van der Waals surface area contributed by atoms with E-state index in [1.165, 1.54) is 0 Å². The van der Waals surface area contributed by atoms with Crippen LogP contribution in [0.25, 0.3) is 0 Å². The molecular formula is C13H21NO2. The predicted molar refractivity (Wildman–Crippen MR) is 61.6 cm³/mol. The van der Waals surface area contributed by atoms with Gasteiger partial charge in [0.15, 0.2) is 0 Å². The van der Waals surface area contributed by atoms with Crippen LogP contribution in [-0.2, 0) is 9.59 Å². The summed E-state index contributed by atoms with van der Waals surface area (Å²) in [6.45, 7) is 6.52. The lowest BCUT2D eigenvalue weighted by Crippen LogP contribution is -2.52. The van der Waals surface area contributed by atoms with Gasteiger partial charge in [-0.25, -0.2) is 0 Å². The smallest absolute Gasteiger partial charge is 0.229 e. The minimum absolute atomic E-state index is 0.0127. The van der Waals surface area contributed by atoms with Gasteiger partial charge in [0, 0.05) is 12.3 Å². The van der Waals surface area contributed by atoms with Gasteiger partial charge in [0.2, 0.25) is 11.8 Å². The SMILES string of the molecule is CC1C(=O)NC(=O)CC12CCC(C)(C)CC2. The van der Waals surface area contributed by atoms with E-state index in [2.05, 4.69) is 19.2 Å². The first-order chi connectivity index (χ1) is 7.35. The van der Waals surface area contributed by atoms with E-state index in [9.17, 15) is 9.59 Å². The van der Waals surface area contributed by atoms with E-state index >= 15 is 0 Å². The van der Waals surface area contributed by atoms with E-state index in [1.807, 2.05) is 6.92 Å². The largest absolute Gasteiger partial charge is 0.296 e. The molecule has 1 N–H and O–H groups in total. The number of amides is 2. The molecule has 2 rings (SSSR count). The molecule has 0 aromatic carbocycles. The summed E-state index contributed by atoms with van der Waals surface area (Å²) in [4.78, 5) is 23.2. The molecule has 1 unspecified atom stereocenters. The summed E-state index contributed by atoms with van der Waals surface area (Å²) in [6.07, 6.45) is 4.81. The van der Waals surface area contributed by atoms with Gasteiger partial charge < -0.3 is 0 Å². The Hall–Kier alpha value is -0.860. The number of nitrogens with one attached hydrogen (secondary N) is 1. The lowest BCUT2D eigenvalue weighted by molar-refractivity contribution is -0.145.